The first-order valence-corrected chi connectivity index (χ1v) is 8.25. The van der Waals surface area contributed by atoms with Crippen LogP contribution < -0.4 is 0 Å². The molecule has 0 bridgehead atoms. The first-order chi connectivity index (χ1) is 11.6. The third-order valence-corrected chi connectivity index (χ3v) is 4.66. The number of hydrogen-bond donors (Lipinski definition) is 1. The molecule has 3 rings (SSSR count). The molecule has 7 heteroatoms. The molecule has 1 N–H and O–H groups in total. The van der Waals surface area contributed by atoms with Gasteiger partial charge >= 0.3 is 0 Å². The van der Waals surface area contributed by atoms with Gasteiger partial charge in [-0.2, -0.15) is 0 Å². The second kappa shape index (κ2) is 7.11. The van der Waals surface area contributed by atoms with E-state index in [1.807, 2.05) is 41.9 Å². The Balaban J connectivity index is 1.71. The maximum atomic E-state index is 13.2. The molecule has 0 aliphatic rings. The highest BCUT2D eigenvalue weighted by Gasteiger charge is 2.15. The smallest absolute Gasteiger partial charge is 0.191 e. The Hall–Kier alpha value is -2.25. The fourth-order valence-electron chi connectivity index (χ4n) is 2.25. The molecular weight excluding hydrogens is 332 g/mol. The van der Waals surface area contributed by atoms with Gasteiger partial charge in [0.2, 0.25) is 0 Å². The quantitative estimate of drug-likeness (QED) is 0.717. The predicted molar refractivity (Wildman–Crippen MR) is 88.5 cm³/mol. The summed E-state index contributed by atoms with van der Waals surface area (Å²) in [4.78, 5) is 0. The maximum Gasteiger partial charge on any atom is 0.191 e. The minimum atomic E-state index is -0.971. The number of aromatic nitrogens is 3. The van der Waals surface area contributed by atoms with Gasteiger partial charge in [-0.3, -0.25) is 0 Å². The van der Waals surface area contributed by atoms with E-state index < -0.39 is 17.7 Å². The second-order valence-corrected chi connectivity index (χ2v) is 6.22. The molecular formula is C17H15F2N3OS. The van der Waals surface area contributed by atoms with Gasteiger partial charge in [0.1, 0.15) is 0 Å². The Morgan fingerprint density at radius 2 is 1.83 bits per heavy atom. The van der Waals surface area contributed by atoms with Gasteiger partial charge in [-0.05, 0) is 17.7 Å². The van der Waals surface area contributed by atoms with E-state index in [1.165, 1.54) is 17.8 Å². The Bertz CT molecular complexity index is 839. The van der Waals surface area contributed by atoms with E-state index in [-0.39, 0.29) is 5.75 Å². The first kappa shape index (κ1) is 16.6. The summed E-state index contributed by atoms with van der Waals surface area (Å²) in [6.07, 6.45) is -0.929. The molecule has 0 saturated heterocycles. The van der Waals surface area contributed by atoms with E-state index in [2.05, 4.69) is 10.2 Å². The lowest BCUT2D eigenvalue weighted by molar-refractivity contribution is 0.203. The number of benzene rings is 2. The van der Waals surface area contributed by atoms with Crippen LogP contribution in [0.2, 0.25) is 0 Å². The van der Waals surface area contributed by atoms with Gasteiger partial charge in [0.15, 0.2) is 22.6 Å². The number of aliphatic hydroxyl groups is 1. The summed E-state index contributed by atoms with van der Waals surface area (Å²) in [5.41, 5.74) is 1.27. The van der Waals surface area contributed by atoms with Crippen molar-refractivity contribution in [2.24, 2.45) is 7.05 Å². The van der Waals surface area contributed by atoms with E-state index in [0.29, 0.717) is 10.7 Å². The molecule has 2 aromatic carbocycles. The van der Waals surface area contributed by atoms with Crippen LogP contribution in [0, 0.1) is 11.6 Å². The van der Waals surface area contributed by atoms with E-state index in [9.17, 15) is 13.9 Å². The highest BCUT2D eigenvalue weighted by atomic mass is 32.2. The molecule has 0 amide bonds. The summed E-state index contributed by atoms with van der Waals surface area (Å²) in [5, 5.41) is 19.1. The Morgan fingerprint density at radius 1 is 1.08 bits per heavy atom. The maximum absolute atomic E-state index is 13.2. The van der Waals surface area contributed by atoms with Crippen LogP contribution in [-0.4, -0.2) is 25.6 Å². The van der Waals surface area contributed by atoms with Crippen molar-refractivity contribution >= 4 is 11.8 Å². The summed E-state index contributed by atoms with van der Waals surface area (Å²) >= 11 is 1.30. The summed E-state index contributed by atoms with van der Waals surface area (Å²) in [6.45, 7) is 0. The summed E-state index contributed by atoms with van der Waals surface area (Å²) in [6, 6.07) is 13.0. The minimum absolute atomic E-state index is 0.256. The third kappa shape index (κ3) is 3.47. The van der Waals surface area contributed by atoms with Crippen LogP contribution in [0.15, 0.2) is 53.7 Å². The Labute approximate surface area is 142 Å². The Kier molecular flexibility index (Phi) is 4.92. The monoisotopic (exact) mass is 347 g/mol. The molecule has 24 heavy (non-hydrogen) atoms. The standard InChI is InChI=1S/C17H15F2N3OS/c1-22-16(11-5-3-2-4-6-11)20-21-17(22)24-10-15(23)12-7-8-13(18)14(19)9-12/h2-9,15,23H,10H2,1H3. The van der Waals surface area contributed by atoms with Crippen LogP contribution in [0.25, 0.3) is 11.4 Å². The number of hydrogen-bond acceptors (Lipinski definition) is 4. The van der Waals surface area contributed by atoms with E-state index >= 15 is 0 Å². The number of rotatable bonds is 5. The van der Waals surface area contributed by atoms with Gasteiger partial charge in [-0.25, -0.2) is 8.78 Å². The van der Waals surface area contributed by atoms with Crippen LogP contribution >= 0.6 is 11.8 Å². The summed E-state index contributed by atoms with van der Waals surface area (Å²) in [5.74, 6) is -0.923. The third-order valence-electron chi connectivity index (χ3n) is 3.57. The van der Waals surface area contributed by atoms with Crippen molar-refractivity contribution in [1.29, 1.82) is 0 Å². The molecule has 124 valence electrons. The SMILES string of the molecule is Cn1c(SCC(O)c2ccc(F)c(F)c2)nnc1-c1ccccc1. The molecule has 1 heterocycles. The molecule has 0 fully saturated rings. The number of halogens is 2. The predicted octanol–water partition coefficient (Wildman–Crippen LogP) is 3.59. The topological polar surface area (TPSA) is 50.9 Å². The molecule has 0 aliphatic heterocycles. The summed E-state index contributed by atoms with van der Waals surface area (Å²) in [7, 11) is 1.84. The molecule has 1 atom stereocenters. The van der Waals surface area contributed by atoms with Crippen molar-refractivity contribution in [3.05, 3.63) is 65.7 Å². The fourth-order valence-corrected chi connectivity index (χ4v) is 3.13. The average molecular weight is 347 g/mol. The van der Waals surface area contributed by atoms with Gasteiger partial charge in [-0.1, -0.05) is 48.2 Å². The second-order valence-electron chi connectivity index (χ2n) is 5.23. The highest BCUT2D eigenvalue weighted by Crippen LogP contribution is 2.26. The zero-order valence-electron chi connectivity index (χ0n) is 12.9. The van der Waals surface area contributed by atoms with Gasteiger partial charge in [0.05, 0.1) is 6.10 Å². The lowest BCUT2D eigenvalue weighted by atomic mass is 10.1. The molecule has 3 aromatic rings. The molecule has 1 aromatic heterocycles. The van der Waals surface area contributed by atoms with E-state index in [1.54, 1.807) is 0 Å². The summed E-state index contributed by atoms with van der Waals surface area (Å²) < 4.78 is 28.0. The largest absolute Gasteiger partial charge is 0.388 e. The molecule has 0 aliphatic carbocycles. The minimum Gasteiger partial charge on any atom is -0.388 e. The van der Waals surface area contributed by atoms with Gasteiger partial charge in [0.25, 0.3) is 0 Å². The molecule has 1 unspecified atom stereocenters. The lowest BCUT2D eigenvalue weighted by Gasteiger charge is -2.10. The van der Waals surface area contributed by atoms with Crippen molar-refractivity contribution in [1.82, 2.24) is 14.8 Å². The average Bonchev–Trinajstić information content (AvgIpc) is 2.96. The molecule has 4 nitrogen and oxygen atoms in total. The van der Waals surface area contributed by atoms with Crippen LogP contribution in [0.4, 0.5) is 8.78 Å². The van der Waals surface area contributed by atoms with Crippen molar-refractivity contribution in [2.75, 3.05) is 5.75 Å². The van der Waals surface area contributed by atoms with Crippen LogP contribution in [0.1, 0.15) is 11.7 Å². The Morgan fingerprint density at radius 3 is 2.54 bits per heavy atom. The van der Waals surface area contributed by atoms with Crippen molar-refractivity contribution in [3.8, 4) is 11.4 Å². The van der Waals surface area contributed by atoms with Gasteiger partial charge < -0.3 is 9.67 Å². The zero-order valence-corrected chi connectivity index (χ0v) is 13.7. The first-order valence-electron chi connectivity index (χ1n) is 7.27. The van der Waals surface area contributed by atoms with Crippen molar-refractivity contribution < 1.29 is 13.9 Å². The molecule has 0 radical (unpaired) electrons. The lowest BCUT2D eigenvalue weighted by Crippen LogP contribution is -2.03. The highest BCUT2D eigenvalue weighted by molar-refractivity contribution is 7.99. The number of aliphatic hydroxyl groups excluding tert-OH is 1. The van der Waals surface area contributed by atoms with Crippen molar-refractivity contribution in [3.63, 3.8) is 0 Å². The van der Waals surface area contributed by atoms with Crippen LogP contribution in [0.3, 0.4) is 0 Å². The van der Waals surface area contributed by atoms with E-state index in [0.717, 1.165) is 23.5 Å². The number of nitrogens with zero attached hydrogens (tertiary/aromatic N) is 3. The molecule has 0 saturated carbocycles. The molecule has 0 spiro atoms. The normalized spacial score (nSPS) is 12.3. The van der Waals surface area contributed by atoms with Crippen LogP contribution in [0.5, 0.6) is 0 Å². The fraction of sp³-hybridized carbons (Fsp3) is 0.176. The number of thioether (sulfide) groups is 1. The van der Waals surface area contributed by atoms with Crippen LogP contribution in [-0.2, 0) is 7.05 Å². The van der Waals surface area contributed by atoms with Gasteiger partial charge in [0, 0.05) is 18.4 Å². The zero-order chi connectivity index (χ0) is 17.1. The van der Waals surface area contributed by atoms with E-state index in [4.69, 9.17) is 0 Å². The van der Waals surface area contributed by atoms with Crippen molar-refractivity contribution in [2.45, 2.75) is 11.3 Å². The van der Waals surface area contributed by atoms with Gasteiger partial charge in [-0.15, -0.1) is 10.2 Å².